The average molecular weight is 266 g/mol. The van der Waals surface area contributed by atoms with Crippen LogP contribution in [0.1, 0.15) is 18.4 Å². The molecule has 0 aromatic carbocycles. The van der Waals surface area contributed by atoms with Crippen LogP contribution >= 0.6 is 0 Å². The lowest BCUT2D eigenvalue weighted by Gasteiger charge is -2.26. The molecule has 1 aromatic rings. The molecule has 3 rings (SSSR count). The van der Waals surface area contributed by atoms with Crippen LogP contribution in [0.4, 0.5) is 5.95 Å². The van der Waals surface area contributed by atoms with Gasteiger partial charge in [-0.05, 0) is 12.8 Å². The van der Waals surface area contributed by atoms with E-state index in [0.717, 1.165) is 42.7 Å². The van der Waals surface area contributed by atoms with Crippen LogP contribution < -0.4 is 10.2 Å². The zero-order valence-electron chi connectivity index (χ0n) is 10.3. The van der Waals surface area contributed by atoms with Gasteiger partial charge in [0.1, 0.15) is 0 Å². The van der Waals surface area contributed by atoms with Crippen LogP contribution in [-0.4, -0.2) is 44.8 Å². The maximum absolute atomic E-state index is 11.3. The van der Waals surface area contributed by atoms with E-state index in [0.29, 0.717) is 6.04 Å². The number of aromatic nitrogens is 2. The monoisotopic (exact) mass is 266 g/mol. The smallest absolute Gasteiger partial charge is 0.225 e. The lowest BCUT2D eigenvalue weighted by Crippen LogP contribution is -2.38. The third-order valence-corrected chi connectivity index (χ3v) is 4.60. The average Bonchev–Trinajstić information content (AvgIpc) is 3.22. The zero-order valence-corrected chi connectivity index (χ0v) is 11.2. The van der Waals surface area contributed by atoms with E-state index < -0.39 is 10.8 Å². The molecule has 6 heteroatoms. The van der Waals surface area contributed by atoms with Gasteiger partial charge in [0.2, 0.25) is 5.95 Å². The van der Waals surface area contributed by atoms with Crippen LogP contribution in [-0.2, 0) is 17.3 Å². The summed E-state index contributed by atoms with van der Waals surface area (Å²) in [4.78, 5) is 10.9. The quantitative estimate of drug-likeness (QED) is 0.849. The molecule has 1 aromatic heterocycles. The van der Waals surface area contributed by atoms with Gasteiger partial charge in [0.05, 0.1) is 0 Å². The van der Waals surface area contributed by atoms with Crippen molar-refractivity contribution in [1.29, 1.82) is 0 Å². The highest BCUT2D eigenvalue weighted by molar-refractivity contribution is 7.85. The summed E-state index contributed by atoms with van der Waals surface area (Å²) >= 11 is 0. The first kappa shape index (κ1) is 12.0. The second-order valence-electron chi connectivity index (χ2n) is 4.88. The molecule has 5 nitrogen and oxygen atoms in total. The first-order valence-electron chi connectivity index (χ1n) is 6.45. The van der Waals surface area contributed by atoms with Gasteiger partial charge < -0.3 is 10.2 Å². The van der Waals surface area contributed by atoms with Crippen LogP contribution in [0.25, 0.3) is 0 Å². The second kappa shape index (κ2) is 5.32. The zero-order chi connectivity index (χ0) is 12.4. The number of rotatable bonds is 4. The molecular weight excluding hydrogens is 248 g/mol. The van der Waals surface area contributed by atoms with Crippen molar-refractivity contribution < 1.29 is 4.21 Å². The molecule has 0 unspecified atom stereocenters. The number of hydrogen-bond donors (Lipinski definition) is 1. The van der Waals surface area contributed by atoms with E-state index in [1.807, 2.05) is 12.4 Å². The van der Waals surface area contributed by atoms with Crippen molar-refractivity contribution in [3.8, 4) is 0 Å². The van der Waals surface area contributed by atoms with Crippen molar-refractivity contribution in [1.82, 2.24) is 15.3 Å². The van der Waals surface area contributed by atoms with Crippen molar-refractivity contribution >= 4 is 16.7 Å². The van der Waals surface area contributed by atoms with Gasteiger partial charge in [-0.1, -0.05) is 0 Å². The molecule has 1 aliphatic heterocycles. The van der Waals surface area contributed by atoms with E-state index in [1.54, 1.807) is 0 Å². The van der Waals surface area contributed by atoms with Crippen molar-refractivity contribution in [2.45, 2.75) is 25.4 Å². The highest BCUT2D eigenvalue weighted by Crippen LogP contribution is 2.19. The van der Waals surface area contributed by atoms with Crippen LogP contribution in [0, 0.1) is 0 Å². The SMILES string of the molecule is O=S1CCN(c2ncc(CNC3CC3)cn2)CC1. The van der Waals surface area contributed by atoms with Gasteiger partial charge in [0.25, 0.3) is 0 Å². The summed E-state index contributed by atoms with van der Waals surface area (Å²) in [7, 11) is -0.648. The largest absolute Gasteiger partial charge is 0.339 e. The normalized spacial score (nSPS) is 21.2. The highest BCUT2D eigenvalue weighted by Gasteiger charge is 2.20. The van der Waals surface area contributed by atoms with E-state index in [1.165, 1.54) is 12.8 Å². The summed E-state index contributed by atoms with van der Waals surface area (Å²) < 4.78 is 11.3. The maximum Gasteiger partial charge on any atom is 0.225 e. The second-order valence-corrected chi connectivity index (χ2v) is 6.58. The summed E-state index contributed by atoms with van der Waals surface area (Å²) in [6.45, 7) is 2.45. The van der Waals surface area contributed by atoms with E-state index in [4.69, 9.17) is 0 Å². The van der Waals surface area contributed by atoms with E-state index in [2.05, 4.69) is 20.2 Å². The Morgan fingerprint density at radius 2 is 1.94 bits per heavy atom. The van der Waals surface area contributed by atoms with Crippen molar-refractivity contribution in [3.63, 3.8) is 0 Å². The molecule has 1 saturated heterocycles. The first-order valence-corrected chi connectivity index (χ1v) is 7.94. The molecule has 0 spiro atoms. The minimum absolute atomic E-state index is 0.648. The topological polar surface area (TPSA) is 58.1 Å². The Kier molecular flexibility index (Phi) is 3.56. The number of hydrogen-bond acceptors (Lipinski definition) is 5. The Balaban J connectivity index is 1.57. The van der Waals surface area contributed by atoms with Crippen LogP contribution in [0.15, 0.2) is 12.4 Å². The predicted octanol–water partition coefficient (Wildman–Crippen LogP) is 0.297. The molecule has 0 bridgehead atoms. The van der Waals surface area contributed by atoms with Gasteiger partial charge in [-0.15, -0.1) is 0 Å². The van der Waals surface area contributed by atoms with Crippen molar-refractivity contribution in [2.75, 3.05) is 29.5 Å². The van der Waals surface area contributed by atoms with Crippen molar-refractivity contribution in [2.24, 2.45) is 0 Å². The fraction of sp³-hybridized carbons (Fsp3) is 0.667. The Labute approximate surface area is 109 Å². The van der Waals surface area contributed by atoms with Crippen LogP contribution in [0.5, 0.6) is 0 Å². The summed E-state index contributed by atoms with van der Waals surface area (Å²) in [6, 6.07) is 0.710. The lowest BCUT2D eigenvalue weighted by molar-refractivity contribution is 0.669. The molecule has 2 heterocycles. The minimum Gasteiger partial charge on any atom is -0.339 e. The first-order chi connectivity index (χ1) is 8.81. The highest BCUT2D eigenvalue weighted by atomic mass is 32.2. The molecule has 0 atom stereocenters. The number of nitrogens with one attached hydrogen (secondary N) is 1. The summed E-state index contributed by atoms with van der Waals surface area (Å²) in [6.07, 6.45) is 6.38. The van der Waals surface area contributed by atoms with E-state index >= 15 is 0 Å². The fourth-order valence-corrected chi connectivity index (χ4v) is 3.04. The molecule has 98 valence electrons. The van der Waals surface area contributed by atoms with Crippen LogP contribution in [0.3, 0.4) is 0 Å². The number of anilines is 1. The lowest BCUT2D eigenvalue weighted by atomic mass is 10.3. The molecule has 1 saturated carbocycles. The summed E-state index contributed by atoms with van der Waals surface area (Å²) in [5.41, 5.74) is 1.13. The fourth-order valence-electron chi connectivity index (χ4n) is 1.99. The predicted molar refractivity (Wildman–Crippen MR) is 72.0 cm³/mol. The van der Waals surface area contributed by atoms with Crippen molar-refractivity contribution in [3.05, 3.63) is 18.0 Å². The van der Waals surface area contributed by atoms with Gasteiger partial charge in [-0.3, -0.25) is 4.21 Å². The molecule has 2 fully saturated rings. The number of nitrogens with zero attached hydrogens (tertiary/aromatic N) is 3. The molecule has 0 radical (unpaired) electrons. The van der Waals surface area contributed by atoms with Gasteiger partial charge in [0, 0.05) is 65.9 Å². The third kappa shape index (κ3) is 3.05. The van der Waals surface area contributed by atoms with Gasteiger partial charge in [-0.25, -0.2) is 9.97 Å². The molecule has 1 aliphatic carbocycles. The Morgan fingerprint density at radius 1 is 1.28 bits per heavy atom. The molecule has 18 heavy (non-hydrogen) atoms. The van der Waals surface area contributed by atoms with Gasteiger partial charge >= 0.3 is 0 Å². The standard InChI is InChI=1S/C12H18N4OS/c17-18-5-3-16(4-6-18)12-14-8-10(9-15-12)7-13-11-1-2-11/h8-9,11,13H,1-7H2. The summed E-state index contributed by atoms with van der Waals surface area (Å²) in [5, 5.41) is 3.44. The Bertz CT molecular complexity index is 422. The maximum atomic E-state index is 11.3. The van der Waals surface area contributed by atoms with E-state index in [-0.39, 0.29) is 0 Å². The Hall–Kier alpha value is -1.01. The summed E-state index contributed by atoms with van der Waals surface area (Å²) in [5.74, 6) is 2.23. The third-order valence-electron chi connectivity index (χ3n) is 3.32. The van der Waals surface area contributed by atoms with E-state index in [9.17, 15) is 4.21 Å². The molecular formula is C12H18N4OS. The molecule has 1 N–H and O–H groups in total. The van der Waals surface area contributed by atoms with Gasteiger partial charge in [0.15, 0.2) is 0 Å². The molecule has 2 aliphatic rings. The minimum atomic E-state index is -0.648. The Morgan fingerprint density at radius 3 is 2.56 bits per heavy atom. The van der Waals surface area contributed by atoms with Crippen LogP contribution in [0.2, 0.25) is 0 Å². The van der Waals surface area contributed by atoms with Gasteiger partial charge in [-0.2, -0.15) is 0 Å². The molecule has 0 amide bonds.